The zero-order valence-corrected chi connectivity index (χ0v) is 11.9. The zero-order chi connectivity index (χ0) is 13.9. The van der Waals surface area contributed by atoms with E-state index in [-0.39, 0.29) is 4.90 Å². The summed E-state index contributed by atoms with van der Waals surface area (Å²) in [6, 6.07) is 4.61. The maximum Gasteiger partial charge on any atom is 0.238 e. The summed E-state index contributed by atoms with van der Waals surface area (Å²) in [5.41, 5.74) is 7.19. The maximum absolute atomic E-state index is 11.2. The molecule has 0 atom stereocenters. The van der Waals surface area contributed by atoms with Crippen molar-refractivity contribution in [1.29, 1.82) is 0 Å². The first kappa shape index (κ1) is 14.8. The van der Waals surface area contributed by atoms with Gasteiger partial charge in [0.1, 0.15) is 0 Å². The molecular formula is C12H21N3O2S. The van der Waals surface area contributed by atoms with E-state index in [4.69, 9.17) is 10.9 Å². The van der Waals surface area contributed by atoms with Crippen LogP contribution in [0.15, 0.2) is 23.1 Å². The van der Waals surface area contributed by atoms with Gasteiger partial charge in [-0.05, 0) is 31.0 Å². The van der Waals surface area contributed by atoms with Crippen LogP contribution in [0.5, 0.6) is 0 Å². The summed E-state index contributed by atoms with van der Waals surface area (Å²) >= 11 is 0. The molecule has 0 unspecified atom stereocenters. The van der Waals surface area contributed by atoms with Crippen molar-refractivity contribution < 1.29 is 8.42 Å². The van der Waals surface area contributed by atoms with Gasteiger partial charge in [-0.15, -0.1) is 0 Å². The van der Waals surface area contributed by atoms with Crippen molar-refractivity contribution in [2.45, 2.75) is 25.7 Å². The summed E-state index contributed by atoms with van der Waals surface area (Å²) < 4.78 is 22.4. The molecule has 0 bridgehead atoms. The fourth-order valence-corrected chi connectivity index (χ4v) is 2.39. The first-order chi connectivity index (χ1) is 8.25. The molecule has 0 saturated carbocycles. The van der Waals surface area contributed by atoms with Crippen LogP contribution in [-0.4, -0.2) is 21.5 Å². The summed E-state index contributed by atoms with van der Waals surface area (Å²) in [4.78, 5) is 2.16. The molecule has 6 heteroatoms. The average Bonchev–Trinajstić information content (AvgIpc) is 2.24. The molecule has 0 aromatic heterocycles. The molecule has 0 radical (unpaired) electrons. The Labute approximate surface area is 109 Å². The monoisotopic (exact) mass is 271 g/mol. The lowest BCUT2D eigenvalue weighted by Crippen LogP contribution is -2.28. The largest absolute Gasteiger partial charge is 0.397 e. The van der Waals surface area contributed by atoms with Gasteiger partial charge < -0.3 is 10.6 Å². The highest BCUT2D eigenvalue weighted by atomic mass is 32.2. The number of hydrogen-bond donors (Lipinski definition) is 2. The fourth-order valence-electron chi connectivity index (χ4n) is 1.84. The Morgan fingerprint density at radius 3 is 2.33 bits per heavy atom. The lowest BCUT2D eigenvalue weighted by Gasteiger charge is -2.26. The molecule has 4 N–H and O–H groups in total. The number of rotatable bonds is 5. The number of benzene rings is 1. The van der Waals surface area contributed by atoms with Gasteiger partial charge in [0.25, 0.3) is 0 Å². The first-order valence-corrected chi connectivity index (χ1v) is 7.47. The van der Waals surface area contributed by atoms with E-state index in [1.165, 1.54) is 12.1 Å². The molecule has 0 saturated heterocycles. The maximum atomic E-state index is 11.2. The number of anilines is 2. The summed E-state index contributed by atoms with van der Waals surface area (Å²) in [7, 11) is -3.70. The third kappa shape index (κ3) is 3.61. The second-order valence-electron chi connectivity index (χ2n) is 4.70. The lowest BCUT2D eigenvalue weighted by atomic mass is 10.1. The van der Waals surface area contributed by atoms with E-state index in [0.29, 0.717) is 11.6 Å². The van der Waals surface area contributed by atoms with E-state index in [0.717, 1.165) is 18.8 Å². The molecule has 0 heterocycles. The standard InChI is InChI=1S/C12H21N3O2S/c1-4-15(8-9(2)3)12-6-5-10(7-11(12)13)18(14,16)17/h5-7,9H,4,8,13H2,1-3H3,(H2,14,16,17). The van der Waals surface area contributed by atoms with Crippen LogP contribution in [-0.2, 0) is 10.0 Å². The Morgan fingerprint density at radius 2 is 1.94 bits per heavy atom. The van der Waals surface area contributed by atoms with E-state index in [1.54, 1.807) is 6.07 Å². The Hall–Kier alpha value is -1.27. The van der Waals surface area contributed by atoms with Gasteiger partial charge in [-0.1, -0.05) is 13.8 Å². The topological polar surface area (TPSA) is 89.4 Å². The van der Waals surface area contributed by atoms with Gasteiger partial charge in [-0.3, -0.25) is 0 Å². The summed E-state index contributed by atoms with van der Waals surface area (Å²) in [6.07, 6.45) is 0. The predicted octanol–water partition coefficient (Wildman–Crippen LogP) is 1.40. The molecule has 0 aliphatic carbocycles. The van der Waals surface area contributed by atoms with Crippen molar-refractivity contribution in [2.24, 2.45) is 11.1 Å². The SMILES string of the molecule is CCN(CC(C)C)c1ccc(S(N)(=O)=O)cc1N. The van der Waals surface area contributed by atoms with Gasteiger partial charge in [0.2, 0.25) is 10.0 Å². The number of nitrogens with two attached hydrogens (primary N) is 2. The quantitative estimate of drug-likeness (QED) is 0.792. The second kappa shape index (κ2) is 5.58. The van der Waals surface area contributed by atoms with Crippen LogP contribution in [0.2, 0.25) is 0 Å². The van der Waals surface area contributed by atoms with Gasteiger partial charge in [-0.2, -0.15) is 0 Å². The molecule has 0 aliphatic heterocycles. The van der Waals surface area contributed by atoms with E-state index in [1.807, 2.05) is 6.92 Å². The van der Waals surface area contributed by atoms with E-state index in [9.17, 15) is 8.42 Å². The van der Waals surface area contributed by atoms with Crippen molar-refractivity contribution >= 4 is 21.4 Å². The predicted molar refractivity (Wildman–Crippen MR) is 75.0 cm³/mol. The van der Waals surface area contributed by atoms with Crippen molar-refractivity contribution in [1.82, 2.24) is 0 Å². The first-order valence-electron chi connectivity index (χ1n) is 5.93. The van der Waals surface area contributed by atoms with Gasteiger partial charge in [0, 0.05) is 13.1 Å². The highest BCUT2D eigenvalue weighted by molar-refractivity contribution is 7.89. The van der Waals surface area contributed by atoms with Crippen LogP contribution in [0.4, 0.5) is 11.4 Å². The van der Waals surface area contributed by atoms with E-state index < -0.39 is 10.0 Å². The summed E-state index contributed by atoms with van der Waals surface area (Å²) in [5, 5.41) is 5.07. The van der Waals surface area contributed by atoms with Crippen molar-refractivity contribution in [3.8, 4) is 0 Å². The Kier molecular flexibility index (Phi) is 4.59. The molecule has 0 fully saturated rings. The smallest absolute Gasteiger partial charge is 0.238 e. The second-order valence-corrected chi connectivity index (χ2v) is 6.26. The van der Waals surface area contributed by atoms with Gasteiger partial charge in [-0.25, -0.2) is 13.6 Å². The molecular weight excluding hydrogens is 250 g/mol. The van der Waals surface area contributed by atoms with Crippen molar-refractivity contribution in [2.75, 3.05) is 23.7 Å². The van der Waals surface area contributed by atoms with Crippen molar-refractivity contribution in [3.05, 3.63) is 18.2 Å². The third-order valence-corrected chi connectivity index (χ3v) is 3.55. The minimum atomic E-state index is -3.70. The van der Waals surface area contributed by atoms with E-state index in [2.05, 4.69) is 18.7 Å². The molecule has 1 rings (SSSR count). The molecule has 5 nitrogen and oxygen atoms in total. The van der Waals surface area contributed by atoms with Crippen LogP contribution in [0.1, 0.15) is 20.8 Å². The Morgan fingerprint density at radius 1 is 1.33 bits per heavy atom. The molecule has 0 spiro atoms. The molecule has 102 valence electrons. The molecule has 18 heavy (non-hydrogen) atoms. The number of nitrogens with zero attached hydrogens (tertiary/aromatic N) is 1. The van der Waals surface area contributed by atoms with Gasteiger partial charge in [0.05, 0.1) is 16.3 Å². The number of hydrogen-bond acceptors (Lipinski definition) is 4. The highest BCUT2D eigenvalue weighted by Crippen LogP contribution is 2.26. The van der Waals surface area contributed by atoms with E-state index >= 15 is 0 Å². The molecule has 1 aromatic rings. The van der Waals surface area contributed by atoms with Crippen LogP contribution < -0.4 is 15.8 Å². The Bertz CT molecular complexity index is 512. The van der Waals surface area contributed by atoms with Gasteiger partial charge in [0.15, 0.2) is 0 Å². The normalized spacial score (nSPS) is 11.8. The minimum absolute atomic E-state index is 0.0457. The molecule has 0 amide bonds. The third-order valence-electron chi connectivity index (χ3n) is 2.64. The molecule has 0 aliphatic rings. The number of nitrogen functional groups attached to an aromatic ring is 1. The van der Waals surface area contributed by atoms with Gasteiger partial charge >= 0.3 is 0 Å². The summed E-state index contributed by atoms with van der Waals surface area (Å²) in [5.74, 6) is 0.502. The number of sulfonamides is 1. The zero-order valence-electron chi connectivity index (χ0n) is 11.1. The average molecular weight is 271 g/mol. The van der Waals surface area contributed by atoms with Crippen LogP contribution in [0.3, 0.4) is 0 Å². The van der Waals surface area contributed by atoms with Crippen LogP contribution in [0.25, 0.3) is 0 Å². The lowest BCUT2D eigenvalue weighted by molar-refractivity contribution is 0.597. The number of primary sulfonamides is 1. The van der Waals surface area contributed by atoms with Crippen LogP contribution >= 0.6 is 0 Å². The van der Waals surface area contributed by atoms with Crippen molar-refractivity contribution in [3.63, 3.8) is 0 Å². The minimum Gasteiger partial charge on any atom is -0.397 e. The molecule has 1 aromatic carbocycles. The summed E-state index contributed by atoms with van der Waals surface area (Å²) in [6.45, 7) is 7.97. The Balaban J connectivity index is 3.11. The van der Waals surface area contributed by atoms with Crippen LogP contribution in [0, 0.1) is 5.92 Å². The fraction of sp³-hybridized carbons (Fsp3) is 0.500. The highest BCUT2D eigenvalue weighted by Gasteiger charge is 2.14.